The Morgan fingerprint density at radius 2 is 1.59 bits per heavy atom. The Kier molecular flexibility index (Phi) is 5.79. The van der Waals surface area contributed by atoms with Crippen LogP contribution in [0, 0.1) is 0 Å². The number of amides is 2. The van der Waals surface area contributed by atoms with Crippen molar-refractivity contribution < 1.29 is 18.7 Å². The molecule has 1 fully saturated rings. The minimum absolute atomic E-state index is 0.109. The zero-order valence-corrected chi connectivity index (χ0v) is 16.3. The summed E-state index contributed by atoms with van der Waals surface area (Å²) in [4.78, 5) is 28.7. The molecule has 1 aliphatic heterocycles. The molecular weight excluding hydrogens is 368 g/mol. The van der Waals surface area contributed by atoms with Crippen LogP contribution in [-0.2, 0) is 4.79 Å². The van der Waals surface area contributed by atoms with Crippen LogP contribution < -0.4 is 4.74 Å². The lowest BCUT2D eigenvalue weighted by molar-refractivity contribution is -0.132. The number of ether oxygens (including phenoxy) is 1. The summed E-state index contributed by atoms with van der Waals surface area (Å²) in [5, 5.41) is 0.919. The third-order valence-corrected chi connectivity index (χ3v) is 5.10. The van der Waals surface area contributed by atoms with Gasteiger partial charge < -0.3 is 19.0 Å². The Labute approximate surface area is 169 Å². The molecule has 0 unspecified atom stereocenters. The zero-order chi connectivity index (χ0) is 20.1. The number of hydrogen-bond acceptors (Lipinski definition) is 4. The summed E-state index contributed by atoms with van der Waals surface area (Å²) in [7, 11) is 0. The van der Waals surface area contributed by atoms with Crippen LogP contribution in [0.25, 0.3) is 11.0 Å². The van der Waals surface area contributed by atoms with E-state index in [-0.39, 0.29) is 11.8 Å². The summed E-state index contributed by atoms with van der Waals surface area (Å²) in [6.07, 6.45) is 1.12. The Balaban J connectivity index is 1.22. The molecule has 0 bridgehead atoms. The van der Waals surface area contributed by atoms with Crippen LogP contribution in [0.2, 0.25) is 0 Å². The number of carbonyl (C=O) groups is 2. The molecule has 1 saturated heterocycles. The van der Waals surface area contributed by atoms with Crippen LogP contribution in [-0.4, -0.2) is 54.4 Å². The van der Waals surface area contributed by atoms with Crippen LogP contribution in [0.15, 0.2) is 65.1 Å². The highest BCUT2D eigenvalue weighted by atomic mass is 16.5. The molecule has 0 radical (unpaired) electrons. The minimum Gasteiger partial charge on any atom is -0.494 e. The third kappa shape index (κ3) is 4.59. The summed E-state index contributed by atoms with van der Waals surface area (Å²) >= 11 is 0. The quantitative estimate of drug-likeness (QED) is 0.602. The standard InChI is InChI=1S/C23H24N2O4/c26-22(11-6-16-28-19-8-2-1-3-9-19)24-12-14-25(15-13-24)23(27)21-17-18-7-4-5-10-20(18)29-21/h1-5,7-10,17H,6,11-16H2. The molecule has 29 heavy (non-hydrogen) atoms. The maximum absolute atomic E-state index is 12.7. The van der Waals surface area contributed by atoms with Gasteiger partial charge in [-0.3, -0.25) is 9.59 Å². The van der Waals surface area contributed by atoms with Crippen molar-refractivity contribution in [2.45, 2.75) is 12.8 Å². The van der Waals surface area contributed by atoms with Gasteiger partial charge in [0.25, 0.3) is 5.91 Å². The van der Waals surface area contributed by atoms with Gasteiger partial charge in [0.1, 0.15) is 11.3 Å². The Hall–Kier alpha value is -3.28. The number of fused-ring (bicyclic) bond motifs is 1. The molecule has 1 aromatic heterocycles. The van der Waals surface area contributed by atoms with E-state index >= 15 is 0 Å². The third-order valence-electron chi connectivity index (χ3n) is 5.10. The van der Waals surface area contributed by atoms with E-state index in [0.717, 1.165) is 11.1 Å². The van der Waals surface area contributed by atoms with Crippen molar-refractivity contribution in [3.63, 3.8) is 0 Å². The highest BCUT2D eigenvalue weighted by Crippen LogP contribution is 2.20. The first-order valence-electron chi connectivity index (χ1n) is 9.94. The fourth-order valence-corrected chi connectivity index (χ4v) is 3.49. The first kappa shape index (κ1) is 19.1. The van der Waals surface area contributed by atoms with E-state index in [9.17, 15) is 9.59 Å². The molecule has 2 heterocycles. The Bertz CT molecular complexity index is 942. The predicted molar refractivity (Wildman–Crippen MR) is 110 cm³/mol. The van der Waals surface area contributed by atoms with Gasteiger partial charge in [-0.1, -0.05) is 36.4 Å². The lowest BCUT2D eigenvalue weighted by Crippen LogP contribution is -2.50. The minimum atomic E-state index is -0.121. The molecule has 3 aromatic rings. The Morgan fingerprint density at radius 3 is 2.34 bits per heavy atom. The molecule has 6 nitrogen and oxygen atoms in total. The average Bonchev–Trinajstić information content (AvgIpc) is 3.21. The van der Waals surface area contributed by atoms with Crippen LogP contribution in [0.4, 0.5) is 0 Å². The van der Waals surface area contributed by atoms with Gasteiger partial charge in [-0.05, 0) is 30.7 Å². The fourth-order valence-electron chi connectivity index (χ4n) is 3.49. The highest BCUT2D eigenvalue weighted by molar-refractivity contribution is 5.96. The summed E-state index contributed by atoms with van der Waals surface area (Å²) < 4.78 is 11.3. The number of nitrogens with zero attached hydrogens (tertiary/aromatic N) is 2. The summed E-state index contributed by atoms with van der Waals surface area (Å²) in [6.45, 7) is 2.64. The number of rotatable bonds is 6. The van der Waals surface area contributed by atoms with Gasteiger partial charge in [0.2, 0.25) is 5.91 Å². The molecule has 0 spiro atoms. The van der Waals surface area contributed by atoms with Crippen molar-refractivity contribution in [3.8, 4) is 5.75 Å². The number of carbonyl (C=O) groups excluding carboxylic acids is 2. The van der Waals surface area contributed by atoms with Gasteiger partial charge in [0.05, 0.1) is 6.61 Å². The van der Waals surface area contributed by atoms with E-state index < -0.39 is 0 Å². The number of furan rings is 1. The zero-order valence-electron chi connectivity index (χ0n) is 16.3. The summed E-state index contributed by atoms with van der Waals surface area (Å²) in [6, 6.07) is 18.9. The van der Waals surface area contributed by atoms with Crippen LogP contribution in [0.5, 0.6) is 5.75 Å². The molecule has 0 atom stereocenters. The van der Waals surface area contributed by atoms with Gasteiger partial charge in [-0.15, -0.1) is 0 Å². The predicted octanol–water partition coefficient (Wildman–Crippen LogP) is 3.58. The van der Waals surface area contributed by atoms with Crippen LogP contribution >= 0.6 is 0 Å². The molecule has 0 saturated carbocycles. The topological polar surface area (TPSA) is 63.0 Å². The molecular formula is C23H24N2O4. The molecule has 4 rings (SSSR count). The molecule has 6 heteroatoms. The van der Waals surface area contributed by atoms with Gasteiger partial charge in [-0.25, -0.2) is 0 Å². The van der Waals surface area contributed by atoms with E-state index in [1.54, 1.807) is 11.0 Å². The summed E-state index contributed by atoms with van der Waals surface area (Å²) in [5.41, 5.74) is 0.711. The van der Waals surface area contributed by atoms with E-state index in [0.29, 0.717) is 57.0 Å². The first-order chi connectivity index (χ1) is 14.2. The maximum Gasteiger partial charge on any atom is 0.289 e. The van der Waals surface area contributed by atoms with Crippen molar-refractivity contribution in [3.05, 3.63) is 66.4 Å². The molecule has 2 aromatic carbocycles. The van der Waals surface area contributed by atoms with E-state index in [2.05, 4.69) is 0 Å². The van der Waals surface area contributed by atoms with Crippen molar-refractivity contribution in [1.29, 1.82) is 0 Å². The monoisotopic (exact) mass is 392 g/mol. The van der Waals surface area contributed by atoms with Crippen LogP contribution in [0.3, 0.4) is 0 Å². The van der Waals surface area contributed by atoms with Crippen molar-refractivity contribution >= 4 is 22.8 Å². The lowest BCUT2D eigenvalue weighted by Gasteiger charge is -2.34. The SMILES string of the molecule is O=C(CCCOc1ccccc1)N1CCN(C(=O)c2cc3ccccc3o2)CC1. The largest absolute Gasteiger partial charge is 0.494 e. The Morgan fingerprint density at radius 1 is 0.897 bits per heavy atom. The molecule has 2 amide bonds. The normalized spacial score (nSPS) is 14.2. The van der Waals surface area contributed by atoms with E-state index in [4.69, 9.17) is 9.15 Å². The lowest BCUT2D eigenvalue weighted by atomic mass is 10.2. The van der Waals surface area contributed by atoms with Crippen molar-refractivity contribution in [2.75, 3.05) is 32.8 Å². The first-order valence-corrected chi connectivity index (χ1v) is 9.94. The average molecular weight is 392 g/mol. The second kappa shape index (κ2) is 8.82. The number of para-hydroxylation sites is 2. The van der Waals surface area contributed by atoms with Gasteiger partial charge >= 0.3 is 0 Å². The molecule has 0 aliphatic carbocycles. The van der Waals surface area contributed by atoms with Gasteiger partial charge in [0, 0.05) is 38.0 Å². The number of benzene rings is 2. The molecule has 1 aliphatic rings. The van der Waals surface area contributed by atoms with E-state index in [1.807, 2.05) is 59.5 Å². The second-order valence-corrected chi connectivity index (χ2v) is 7.09. The molecule has 0 N–H and O–H groups in total. The molecule has 150 valence electrons. The number of piperazine rings is 1. The van der Waals surface area contributed by atoms with Crippen LogP contribution in [0.1, 0.15) is 23.4 Å². The highest BCUT2D eigenvalue weighted by Gasteiger charge is 2.26. The van der Waals surface area contributed by atoms with Gasteiger partial charge in [-0.2, -0.15) is 0 Å². The smallest absolute Gasteiger partial charge is 0.289 e. The van der Waals surface area contributed by atoms with E-state index in [1.165, 1.54) is 0 Å². The van der Waals surface area contributed by atoms with Gasteiger partial charge in [0.15, 0.2) is 5.76 Å². The summed E-state index contributed by atoms with van der Waals surface area (Å²) in [5.74, 6) is 1.16. The maximum atomic E-state index is 12.7. The number of hydrogen-bond donors (Lipinski definition) is 0. The van der Waals surface area contributed by atoms with Crippen molar-refractivity contribution in [2.24, 2.45) is 0 Å². The fraction of sp³-hybridized carbons (Fsp3) is 0.304. The van der Waals surface area contributed by atoms with Crippen molar-refractivity contribution in [1.82, 2.24) is 9.80 Å². The second-order valence-electron chi connectivity index (χ2n) is 7.09.